The number of carbonyl (C=O) groups excluding carboxylic acids is 1. The quantitative estimate of drug-likeness (QED) is 0.754. The molecule has 94 valence electrons. The molecule has 0 saturated heterocycles. The van der Waals surface area contributed by atoms with Crippen molar-refractivity contribution >= 4 is 5.91 Å². The van der Waals surface area contributed by atoms with E-state index in [1.165, 1.54) is 12.8 Å². The fraction of sp³-hybridized carbons (Fsp3) is 0.923. The van der Waals surface area contributed by atoms with E-state index in [0.717, 1.165) is 12.8 Å². The van der Waals surface area contributed by atoms with Gasteiger partial charge in [-0.3, -0.25) is 4.79 Å². The van der Waals surface area contributed by atoms with Gasteiger partial charge >= 0.3 is 0 Å². The van der Waals surface area contributed by atoms with E-state index in [-0.39, 0.29) is 11.3 Å². The van der Waals surface area contributed by atoms with Crippen LogP contribution in [0.2, 0.25) is 0 Å². The molecule has 0 aromatic carbocycles. The van der Waals surface area contributed by atoms with Crippen LogP contribution in [0.3, 0.4) is 0 Å². The third-order valence-corrected chi connectivity index (χ3v) is 3.98. The first-order valence-electron chi connectivity index (χ1n) is 6.49. The zero-order chi connectivity index (χ0) is 12.2. The summed E-state index contributed by atoms with van der Waals surface area (Å²) in [4.78, 5) is 11.8. The van der Waals surface area contributed by atoms with Crippen molar-refractivity contribution in [1.29, 1.82) is 0 Å². The molecule has 3 heteroatoms. The molecule has 3 N–H and O–H groups in total. The van der Waals surface area contributed by atoms with Crippen molar-refractivity contribution in [3.05, 3.63) is 0 Å². The molecule has 1 rings (SSSR count). The number of nitrogens with one attached hydrogen (secondary N) is 1. The summed E-state index contributed by atoms with van der Waals surface area (Å²) >= 11 is 0. The van der Waals surface area contributed by atoms with Crippen molar-refractivity contribution in [3.63, 3.8) is 0 Å². The molecule has 1 fully saturated rings. The molecule has 0 radical (unpaired) electrons. The predicted molar refractivity (Wildman–Crippen MR) is 67.0 cm³/mol. The van der Waals surface area contributed by atoms with Gasteiger partial charge < -0.3 is 11.1 Å². The maximum atomic E-state index is 11.8. The van der Waals surface area contributed by atoms with Crippen LogP contribution in [0.4, 0.5) is 0 Å². The lowest BCUT2D eigenvalue weighted by atomic mass is 9.87. The number of hydrogen-bond acceptors (Lipinski definition) is 2. The highest BCUT2D eigenvalue weighted by Crippen LogP contribution is 2.37. The van der Waals surface area contributed by atoms with E-state index in [1.54, 1.807) is 0 Å². The zero-order valence-corrected chi connectivity index (χ0v) is 10.9. The molecular weight excluding hydrogens is 200 g/mol. The third kappa shape index (κ3) is 3.48. The Balaban J connectivity index is 2.39. The normalized spacial score (nSPS) is 25.4. The molecule has 1 amide bonds. The lowest BCUT2D eigenvalue weighted by molar-refractivity contribution is -0.123. The Morgan fingerprint density at radius 2 is 2.25 bits per heavy atom. The monoisotopic (exact) mass is 226 g/mol. The molecule has 0 heterocycles. The summed E-state index contributed by atoms with van der Waals surface area (Å²) in [5.41, 5.74) is 5.88. The second-order valence-corrected chi connectivity index (χ2v) is 5.72. The molecule has 0 spiro atoms. The Morgan fingerprint density at radius 3 is 2.69 bits per heavy atom. The minimum absolute atomic E-state index is 0.178. The summed E-state index contributed by atoms with van der Waals surface area (Å²) in [6.07, 6.45) is 5.13. The van der Waals surface area contributed by atoms with Crippen LogP contribution in [0, 0.1) is 11.3 Å². The van der Waals surface area contributed by atoms with Gasteiger partial charge in [0.2, 0.25) is 5.91 Å². The largest absolute Gasteiger partial charge is 0.353 e. The van der Waals surface area contributed by atoms with E-state index in [2.05, 4.69) is 26.1 Å². The van der Waals surface area contributed by atoms with Crippen LogP contribution in [0.5, 0.6) is 0 Å². The highest BCUT2D eigenvalue weighted by molar-refractivity contribution is 5.76. The fourth-order valence-corrected chi connectivity index (χ4v) is 2.50. The summed E-state index contributed by atoms with van der Waals surface area (Å²) in [6, 6.07) is 0.357. The molecule has 1 aliphatic carbocycles. The summed E-state index contributed by atoms with van der Waals surface area (Å²) in [5, 5.41) is 3.17. The molecule has 0 aliphatic heterocycles. The first kappa shape index (κ1) is 13.5. The molecule has 2 unspecified atom stereocenters. The Morgan fingerprint density at radius 1 is 1.56 bits per heavy atom. The van der Waals surface area contributed by atoms with Crippen LogP contribution in [-0.4, -0.2) is 18.5 Å². The molecule has 1 aliphatic rings. The third-order valence-electron chi connectivity index (χ3n) is 3.98. The van der Waals surface area contributed by atoms with Crippen molar-refractivity contribution in [1.82, 2.24) is 5.32 Å². The zero-order valence-electron chi connectivity index (χ0n) is 10.9. The predicted octanol–water partition coefficient (Wildman–Crippen LogP) is 2.06. The fourth-order valence-electron chi connectivity index (χ4n) is 2.50. The second-order valence-electron chi connectivity index (χ2n) is 5.72. The summed E-state index contributed by atoms with van der Waals surface area (Å²) < 4.78 is 0. The lowest BCUT2D eigenvalue weighted by Crippen LogP contribution is -2.42. The molecule has 0 aromatic heterocycles. The molecule has 1 saturated carbocycles. The Hall–Kier alpha value is -0.570. The van der Waals surface area contributed by atoms with Crippen LogP contribution < -0.4 is 11.1 Å². The van der Waals surface area contributed by atoms with Gasteiger partial charge in [-0.15, -0.1) is 0 Å². The average molecular weight is 226 g/mol. The summed E-state index contributed by atoms with van der Waals surface area (Å²) in [7, 11) is 0. The number of hydrogen-bond donors (Lipinski definition) is 2. The van der Waals surface area contributed by atoms with E-state index < -0.39 is 0 Å². The van der Waals surface area contributed by atoms with Crippen LogP contribution >= 0.6 is 0 Å². The number of nitrogens with two attached hydrogens (primary N) is 1. The maximum Gasteiger partial charge on any atom is 0.220 e. The SMILES string of the molecule is CCC(CN)CC(=O)NC1CCCC1(C)C. The molecule has 3 nitrogen and oxygen atoms in total. The second kappa shape index (κ2) is 5.67. The van der Waals surface area contributed by atoms with E-state index in [0.29, 0.717) is 24.9 Å². The van der Waals surface area contributed by atoms with Crippen LogP contribution in [0.15, 0.2) is 0 Å². The molecule has 0 aromatic rings. The van der Waals surface area contributed by atoms with Gasteiger partial charge in [-0.25, -0.2) is 0 Å². The highest BCUT2D eigenvalue weighted by atomic mass is 16.1. The van der Waals surface area contributed by atoms with E-state index in [1.807, 2.05) is 0 Å². The van der Waals surface area contributed by atoms with Crippen molar-refractivity contribution in [2.24, 2.45) is 17.1 Å². The number of rotatable bonds is 5. The van der Waals surface area contributed by atoms with Crippen molar-refractivity contribution in [2.75, 3.05) is 6.54 Å². The number of amides is 1. The Kier molecular flexibility index (Phi) is 4.78. The Bertz CT molecular complexity index is 234. The molecule has 2 atom stereocenters. The first-order chi connectivity index (χ1) is 7.49. The topological polar surface area (TPSA) is 55.1 Å². The van der Waals surface area contributed by atoms with Gasteiger partial charge in [-0.1, -0.05) is 33.6 Å². The Labute approximate surface area is 99.2 Å². The van der Waals surface area contributed by atoms with Gasteiger partial charge in [-0.05, 0) is 30.7 Å². The maximum absolute atomic E-state index is 11.8. The standard InChI is InChI=1S/C13H26N2O/c1-4-10(9-14)8-12(16)15-11-6-5-7-13(11,2)3/h10-11H,4-9,14H2,1-3H3,(H,15,16). The van der Waals surface area contributed by atoms with Gasteiger partial charge in [-0.2, -0.15) is 0 Å². The van der Waals surface area contributed by atoms with Crippen molar-refractivity contribution in [2.45, 2.75) is 58.9 Å². The average Bonchev–Trinajstić information content (AvgIpc) is 2.55. The smallest absolute Gasteiger partial charge is 0.220 e. The molecular formula is C13H26N2O. The van der Waals surface area contributed by atoms with E-state index in [4.69, 9.17) is 5.73 Å². The van der Waals surface area contributed by atoms with Crippen LogP contribution in [0.25, 0.3) is 0 Å². The van der Waals surface area contributed by atoms with Gasteiger partial charge in [0.05, 0.1) is 0 Å². The van der Waals surface area contributed by atoms with Crippen LogP contribution in [0.1, 0.15) is 52.9 Å². The highest BCUT2D eigenvalue weighted by Gasteiger charge is 2.35. The van der Waals surface area contributed by atoms with Crippen molar-refractivity contribution in [3.8, 4) is 0 Å². The minimum atomic E-state index is 0.178. The van der Waals surface area contributed by atoms with Gasteiger partial charge in [0.15, 0.2) is 0 Å². The summed E-state index contributed by atoms with van der Waals surface area (Å²) in [5.74, 6) is 0.516. The van der Waals surface area contributed by atoms with E-state index >= 15 is 0 Å². The molecule has 16 heavy (non-hydrogen) atoms. The van der Waals surface area contributed by atoms with Crippen LogP contribution in [-0.2, 0) is 4.79 Å². The number of carbonyl (C=O) groups is 1. The van der Waals surface area contributed by atoms with Gasteiger partial charge in [0.1, 0.15) is 0 Å². The van der Waals surface area contributed by atoms with E-state index in [9.17, 15) is 4.79 Å². The van der Waals surface area contributed by atoms with Crippen molar-refractivity contribution < 1.29 is 4.79 Å². The summed E-state index contributed by atoms with van der Waals surface area (Å²) in [6.45, 7) is 7.18. The van der Waals surface area contributed by atoms with Gasteiger partial charge in [0, 0.05) is 12.5 Å². The van der Waals surface area contributed by atoms with Gasteiger partial charge in [0.25, 0.3) is 0 Å². The lowest BCUT2D eigenvalue weighted by Gasteiger charge is -2.28. The first-order valence-corrected chi connectivity index (χ1v) is 6.49. The molecule has 0 bridgehead atoms. The minimum Gasteiger partial charge on any atom is -0.353 e.